The molecule has 0 aliphatic heterocycles. The quantitative estimate of drug-likeness (QED) is 0.746. The molecule has 4 nitrogen and oxygen atoms in total. The minimum absolute atomic E-state index is 0.0519. The molecule has 0 aromatic rings. The SMILES string of the molecule is CC(C)CS(=O)(=O)CCC(=O)NC(C)C. The number of carbonyl (C=O) groups excluding carboxylic acids is 1. The lowest BCUT2D eigenvalue weighted by atomic mass is 10.3. The van der Waals surface area contributed by atoms with Crippen LogP contribution >= 0.6 is 0 Å². The van der Waals surface area contributed by atoms with Gasteiger partial charge in [0, 0.05) is 12.5 Å². The molecule has 0 radical (unpaired) electrons. The monoisotopic (exact) mass is 235 g/mol. The number of nitrogens with one attached hydrogen (secondary N) is 1. The van der Waals surface area contributed by atoms with Gasteiger partial charge < -0.3 is 5.32 Å². The molecule has 0 unspecified atom stereocenters. The van der Waals surface area contributed by atoms with E-state index in [0.717, 1.165) is 0 Å². The maximum absolute atomic E-state index is 11.5. The van der Waals surface area contributed by atoms with Crippen molar-refractivity contribution < 1.29 is 13.2 Å². The van der Waals surface area contributed by atoms with Crippen molar-refractivity contribution in [1.82, 2.24) is 5.32 Å². The van der Waals surface area contributed by atoms with Crippen LogP contribution in [0.1, 0.15) is 34.1 Å². The highest BCUT2D eigenvalue weighted by Crippen LogP contribution is 2.02. The summed E-state index contributed by atoms with van der Waals surface area (Å²) in [6.45, 7) is 7.40. The molecular formula is C10H21NO3S. The van der Waals surface area contributed by atoms with Crippen LogP contribution < -0.4 is 5.32 Å². The van der Waals surface area contributed by atoms with Gasteiger partial charge in [0.25, 0.3) is 0 Å². The summed E-state index contributed by atoms with van der Waals surface area (Å²) in [4.78, 5) is 11.2. The molecule has 0 heterocycles. The molecule has 1 amide bonds. The first-order valence-corrected chi connectivity index (χ1v) is 7.05. The molecular weight excluding hydrogens is 214 g/mol. The lowest BCUT2D eigenvalue weighted by Gasteiger charge is -2.09. The van der Waals surface area contributed by atoms with Gasteiger partial charge in [0.2, 0.25) is 5.91 Å². The lowest BCUT2D eigenvalue weighted by molar-refractivity contribution is -0.121. The van der Waals surface area contributed by atoms with Crippen LogP contribution in [0.4, 0.5) is 0 Å². The van der Waals surface area contributed by atoms with Crippen molar-refractivity contribution in [3.63, 3.8) is 0 Å². The topological polar surface area (TPSA) is 63.2 Å². The maximum atomic E-state index is 11.5. The van der Waals surface area contributed by atoms with Crippen molar-refractivity contribution in [3.05, 3.63) is 0 Å². The fourth-order valence-electron chi connectivity index (χ4n) is 1.23. The summed E-state index contributed by atoms with van der Waals surface area (Å²) < 4.78 is 22.9. The first kappa shape index (κ1) is 14.4. The van der Waals surface area contributed by atoms with Gasteiger partial charge in [0.05, 0.1) is 11.5 Å². The van der Waals surface area contributed by atoms with E-state index in [1.165, 1.54) is 0 Å². The predicted octanol–water partition coefficient (Wildman–Crippen LogP) is 0.972. The fraction of sp³-hybridized carbons (Fsp3) is 0.900. The van der Waals surface area contributed by atoms with E-state index < -0.39 is 9.84 Å². The summed E-state index contributed by atoms with van der Waals surface area (Å²) in [6, 6.07) is 0.0605. The largest absolute Gasteiger partial charge is 0.354 e. The molecule has 90 valence electrons. The molecule has 0 spiro atoms. The summed E-state index contributed by atoms with van der Waals surface area (Å²) in [5, 5.41) is 2.67. The normalized spacial score (nSPS) is 12.1. The minimum atomic E-state index is -3.07. The van der Waals surface area contributed by atoms with Crippen molar-refractivity contribution in [2.45, 2.75) is 40.2 Å². The van der Waals surface area contributed by atoms with Crippen LogP contribution in [0.15, 0.2) is 0 Å². The van der Waals surface area contributed by atoms with Crippen LogP contribution in [-0.2, 0) is 14.6 Å². The third-order valence-electron chi connectivity index (χ3n) is 1.68. The zero-order valence-electron chi connectivity index (χ0n) is 9.91. The van der Waals surface area contributed by atoms with Gasteiger partial charge >= 0.3 is 0 Å². The van der Waals surface area contributed by atoms with Crippen LogP contribution in [0.2, 0.25) is 0 Å². The van der Waals surface area contributed by atoms with Gasteiger partial charge in [-0.25, -0.2) is 8.42 Å². The Kier molecular flexibility index (Phi) is 5.87. The predicted molar refractivity (Wildman–Crippen MR) is 61.4 cm³/mol. The second-order valence-electron chi connectivity index (χ2n) is 4.48. The number of rotatable bonds is 6. The van der Waals surface area contributed by atoms with Gasteiger partial charge in [-0.2, -0.15) is 0 Å². The molecule has 5 heteroatoms. The zero-order chi connectivity index (χ0) is 12.1. The van der Waals surface area contributed by atoms with Gasteiger partial charge in [0.1, 0.15) is 0 Å². The van der Waals surface area contributed by atoms with E-state index in [1.807, 2.05) is 27.7 Å². The van der Waals surface area contributed by atoms with Gasteiger partial charge in [-0.15, -0.1) is 0 Å². The molecule has 0 fully saturated rings. The van der Waals surface area contributed by atoms with E-state index in [4.69, 9.17) is 0 Å². The molecule has 0 rings (SSSR count). The summed E-state index contributed by atoms with van der Waals surface area (Å²) in [7, 11) is -3.07. The summed E-state index contributed by atoms with van der Waals surface area (Å²) in [6.07, 6.45) is 0.0627. The third kappa shape index (κ3) is 8.42. The molecule has 0 aliphatic rings. The van der Waals surface area contributed by atoms with Crippen LogP contribution in [0, 0.1) is 5.92 Å². The number of amides is 1. The van der Waals surface area contributed by atoms with Crippen molar-refractivity contribution in [3.8, 4) is 0 Å². The van der Waals surface area contributed by atoms with Crippen LogP contribution in [-0.4, -0.2) is 31.9 Å². The van der Waals surface area contributed by atoms with Crippen LogP contribution in [0.3, 0.4) is 0 Å². The van der Waals surface area contributed by atoms with Crippen LogP contribution in [0.25, 0.3) is 0 Å². The first-order valence-electron chi connectivity index (χ1n) is 5.22. The molecule has 0 aromatic carbocycles. The highest BCUT2D eigenvalue weighted by atomic mass is 32.2. The summed E-state index contributed by atoms with van der Waals surface area (Å²) >= 11 is 0. The van der Waals surface area contributed by atoms with E-state index in [-0.39, 0.29) is 35.8 Å². The molecule has 15 heavy (non-hydrogen) atoms. The Hall–Kier alpha value is -0.580. The molecule has 0 aromatic heterocycles. The van der Waals surface area contributed by atoms with Crippen molar-refractivity contribution in [2.24, 2.45) is 5.92 Å². The standard InChI is InChI=1S/C10H21NO3S/c1-8(2)7-15(13,14)6-5-10(12)11-9(3)4/h8-9H,5-7H2,1-4H3,(H,11,12). The highest BCUT2D eigenvalue weighted by molar-refractivity contribution is 7.91. The number of hydrogen-bond acceptors (Lipinski definition) is 3. The Morgan fingerprint density at radius 1 is 1.20 bits per heavy atom. The Bertz CT molecular complexity index is 294. The number of hydrogen-bond donors (Lipinski definition) is 1. The zero-order valence-corrected chi connectivity index (χ0v) is 10.7. The van der Waals surface area contributed by atoms with E-state index in [9.17, 15) is 13.2 Å². The van der Waals surface area contributed by atoms with Gasteiger partial charge in [-0.1, -0.05) is 13.8 Å². The van der Waals surface area contributed by atoms with Crippen molar-refractivity contribution >= 4 is 15.7 Å². The molecule has 1 N–H and O–H groups in total. The number of sulfone groups is 1. The fourth-order valence-corrected chi connectivity index (χ4v) is 2.91. The van der Waals surface area contributed by atoms with Crippen molar-refractivity contribution in [1.29, 1.82) is 0 Å². The minimum Gasteiger partial charge on any atom is -0.354 e. The first-order chi connectivity index (χ1) is 6.73. The molecule has 0 saturated carbocycles. The molecule has 0 bridgehead atoms. The van der Waals surface area contributed by atoms with Gasteiger partial charge in [-0.3, -0.25) is 4.79 Å². The van der Waals surface area contributed by atoms with Crippen molar-refractivity contribution in [2.75, 3.05) is 11.5 Å². The highest BCUT2D eigenvalue weighted by Gasteiger charge is 2.15. The van der Waals surface area contributed by atoms with Gasteiger partial charge in [-0.05, 0) is 19.8 Å². The Labute approximate surface area is 92.4 Å². The molecule has 0 saturated heterocycles. The van der Waals surface area contributed by atoms with Crippen LogP contribution in [0.5, 0.6) is 0 Å². The summed E-state index contributed by atoms with van der Waals surface area (Å²) in [5.74, 6) is 0.0200. The smallest absolute Gasteiger partial charge is 0.221 e. The van der Waals surface area contributed by atoms with E-state index in [1.54, 1.807) is 0 Å². The molecule has 0 atom stereocenters. The average molecular weight is 235 g/mol. The summed E-state index contributed by atoms with van der Waals surface area (Å²) in [5.41, 5.74) is 0. The Morgan fingerprint density at radius 3 is 2.13 bits per heavy atom. The third-order valence-corrected chi connectivity index (χ3v) is 3.68. The second-order valence-corrected chi connectivity index (χ2v) is 6.71. The van der Waals surface area contributed by atoms with E-state index in [0.29, 0.717) is 0 Å². The lowest BCUT2D eigenvalue weighted by Crippen LogP contribution is -2.31. The van der Waals surface area contributed by atoms with Gasteiger partial charge in [0.15, 0.2) is 9.84 Å². The second kappa shape index (κ2) is 6.10. The number of carbonyl (C=O) groups is 1. The average Bonchev–Trinajstić information content (AvgIpc) is 1.97. The molecule has 0 aliphatic carbocycles. The maximum Gasteiger partial charge on any atom is 0.221 e. The Balaban J connectivity index is 3.99. The van der Waals surface area contributed by atoms with E-state index in [2.05, 4.69) is 5.32 Å². The van der Waals surface area contributed by atoms with E-state index >= 15 is 0 Å². The Morgan fingerprint density at radius 2 is 1.73 bits per heavy atom.